The van der Waals surface area contributed by atoms with Crippen molar-refractivity contribution in [2.24, 2.45) is 5.73 Å². The van der Waals surface area contributed by atoms with E-state index in [2.05, 4.69) is 30.4 Å². The van der Waals surface area contributed by atoms with Crippen LogP contribution < -0.4 is 11.1 Å². The van der Waals surface area contributed by atoms with E-state index in [9.17, 15) is 4.79 Å². The Kier molecular flexibility index (Phi) is 6.16. The van der Waals surface area contributed by atoms with Gasteiger partial charge in [0.1, 0.15) is 0 Å². The molecule has 0 aliphatic heterocycles. The molecule has 0 aliphatic carbocycles. The van der Waals surface area contributed by atoms with Gasteiger partial charge in [0.05, 0.1) is 0 Å². The minimum absolute atomic E-state index is 0.0542. The molecule has 0 saturated heterocycles. The largest absolute Gasteiger partial charge is 0.350 e. The van der Waals surface area contributed by atoms with Gasteiger partial charge in [-0.25, -0.2) is 0 Å². The molecule has 0 fully saturated rings. The van der Waals surface area contributed by atoms with Crippen molar-refractivity contribution in [2.45, 2.75) is 32.2 Å². The maximum Gasteiger partial charge on any atom is 0.251 e. The summed E-state index contributed by atoms with van der Waals surface area (Å²) in [7, 11) is 0. The van der Waals surface area contributed by atoms with Crippen molar-refractivity contribution < 1.29 is 4.79 Å². The standard InChI is InChI=1S/C19H24N2O/c1-2-7-15-10-6-11-17(12-15)19(22)21-14-18(20)13-16-8-4-3-5-9-16/h3-6,8-12,18H,2,7,13-14,20H2,1H3,(H,21,22)/t18-/m1/s1. The molecular formula is C19H24N2O. The number of hydrogen-bond donors (Lipinski definition) is 2. The quantitative estimate of drug-likeness (QED) is 0.825. The van der Waals surface area contributed by atoms with Crippen LogP contribution in [0.3, 0.4) is 0 Å². The highest BCUT2D eigenvalue weighted by Gasteiger charge is 2.09. The van der Waals surface area contributed by atoms with Crippen molar-refractivity contribution in [1.29, 1.82) is 0 Å². The number of hydrogen-bond acceptors (Lipinski definition) is 2. The van der Waals surface area contributed by atoms with E-state index in [-0.39, 0.29) is 11.9 Å². The molecule has 0 radical (unpaired) electrons. The predicted octanol–water partition coefficient (Wildman–Crippen LogP) is 2.94. The third kappa shape index (κ3) is 5.01. The highest BCUT2D eigenvalue weighted by molar-refractivity contribution is 5.94. The third-order valence-electron chi connectivity index (χ3n) is 3.59. The predicted molar refractivity (Wildman–Crippen MR) is 90.9 cm³/mol. The van der Waals surface area contributed by atoms with Crippen LogP contribution in [0, 0.1) is 0 Å². The summed E-state index contributed by atoms with van der Waals surface area (Å²) in [5.74, 6) is -0.0542. The fraction of sp³-hybridized carbons (Fsp3) is 0.316. The molecule has 0 heterocycles. The van der Waals surface area contributed by atoms with Gasteiger partial charge in [0.25, 0.3) is 5.91 Å². The summed E-state index contributed by atoms with van der Waals surface area (Å²) >= 11 is 0. The zero-order valence-corrected chi connectivity index (χ0v) is 13.1. The fourth-order valence-corrected chi connectivity index (χ4v) is 2.47. The van der Waals surface area contributed by atoms with Crippen molar-refractivity contribution in [3.8, 4) is 0 Å². The van der Waals surface area contributed by atoms with Crippen LogP contribution in [0.5, 0.6) is 0 Å². The summed E-state index contributed by atoms with van der Waals surface area (Å²) in [5, 5.41) is 2.92. The first-order valence-electron chi connectivity index (χ1n) is 7.85. The lowest BCUT2D eigenvalue weighted by Gasteiger charge is -2.13. The second kappa shape index (κ2) is 8.35. The van der Waals surface area contributed by atoms with Gasteiger partial charge in [-0.2, -0.15) is 0 Å². The Balaban J connectivity index is 1.85. The van der Waals surface area contributed by atoms with Gasteiger partial charge in [-0.1, -0.05) is 55.8 Å². The average Bonchev–Trinajstić information content (AvgIpc) is 2.54. The van der Waals surface area contributed by atoms with Crippen LogP contribution in [-0.4, -0.2) is 18.5 Å². The first kappa shape index (κ1) is 16.2. The molecule has 0 aromatic heterocycles. The molecule has 1 amide bonds. The van der Waals surface area contributed by atoms with E-state index < -0.39 is 0 Å². The molecule has 2 rings (SSSR count). The Labute approximate surface area is 132 Å². The van der Waals surface area contributed by atoms with Gasteiger partial charge in [-0.3, -0.25) is 4.79 Å². The number of nitrogens with two attached hydrogens (primary N) is 1. The number of rotatable bonds is 7. The molecule has 1 atom stereocenters. The van der Waals surface area contributed by atoms with Gasteiger partial charge < -0.3 is 11.1 Å². The Morgan fingerprint density at radius 1 is 1.09 bits per heavy atom. The van der Waals surface area contributed by atoms with Crippen molar-refractivity contribution >= 4 is 5.91 Å². The molecule has 116 valence electrons. The van der Waals surface area contributed by atoms with Crippen LogP contribution in [0.15, 0.2) is 54.6 Å². The van der Waals surface area contributed by atoms with Crippen molar-refractivity contribution in [2.75, 3.05) is 6.54 Å². The molecule has 3 heteroatoms. The molecule has 22 heavy (non-hydrogen) atoms. The minimum Gasteiger partial charge on any atom is -0.350 e. The summed E-state index contributed by atoms with van der Waals surface area (Å²) in [4.78, 5) is 12.2. The van der Waals surface area contributed by atoms with Crippen LogP contribution in [0.1, 0.15) is 34.8 Å². The first-order chi connectivity index (χ1) is 10.7. The SMILES string of the molecule is CCCc1cccc(C(=O)NC[C@H](N)Cc2ccccc2)c1. The Morgan fingerprint density at radius 2 is 1.82 bits per heavy atom. The lowest BCUT2D eigenvalue weighted by molar-refractivity contribution is 0.0951. The van der Waals surface area contributed by atoms with Crippen molar-refractivity contribution in [3.05, 3.63) is 71.3 Å². The van der Waals surface area contributed by atoms with Gasteiger partial charge in [0, 0.05) is 18.2 Å². The Bertz CT molecular complexity index is 595. The Morgan fingerprint density at radius 3 is 2.55 bits per heavy atom. The molecule has 0 unspecified atom stereocenters. The van der Waals surface area contributed by atoms with E-state index in [0.29, 0.717) is 12.1 Å². The van der Waals surface area contributed by atoms with Gasteiger partial charge in [-0.15, -0.1) is 0 Å². The highest BCUT2D eigenvalue weighted by Crippen LogP contribution is 2.08. The lowest BCUT2D eigenvalue weighted by Crippen LogP contribution is -2.38. The molecular weight excluding hydrogens is 272 g/mol. The van der Waals surface area contributed by atoms with Gasteiger partial charge >= 0.3 is 0 Å². The van der Waals surface area contributed by atoms with Crippen molar-refractivity contribution in [3.63, 3.8) is 0 Å². The average molecular weight is 296 g/mol. The van der Waals surface area contributed by atoms with Crippen LogP contribution in [0.25, 0.3) is 0 Å². The number of carbonyl (C=O) groups excluding carboxylic acids is 1. The van der Waals surface area contributed by atoms with E-state index in [1.165, 1.54) is 11.1 Å². The summed E-state index contributed by atoms with van der Waals surface area (Å²) in [6, 6.07) is 17.8. The molecule has 0 saturated carbocycles. The molecule has 0 bridgehead atoms. The van der Waals surface area contributed by atoms with Crippen LogP contribution in [0.2, 0.25) is 0 Å². The maximum absolute atomic E-state index is 12.2. The monoisotopic (exact) mass is 296 g/mol. The summed E-state index contributed by atoms with van der Waals surface area (Å²) in [6.45, 7) is 2.61. The lowest BCUT2D eigenvalue weighted by atomic mass is 10.1. The number of aryl methyl sites for hydroxylation is 1. The van der Waals surface area contributed by atoms with Crippen LogP contribution in [-0.2, 0) is 12.8 Å². The summed E-state index contributed by atoms with van der Waals surface area (Å²) in [6.07, 6.45) is 2.83. The highest BCUT2D eigenvalue weighted by atomic mass is 16.1. The summed E-state index contributed by atoms with van der Waals surface area (Å²) in [5.41, 5.74) is 9.19. The molecule has 0 aliphatic rings. The maximum atomic E-state index is 12.2. The Hall–Kier alpha value is -2.13. The topological polar surface area (TPSA) is 55.1 Å². The van der Waals surface area contributed by atoms with Crippen molar-refractivity contribution in [1.82, 2.24) is 5.32 Å². The molecule has 2 aromatic rings. The van der Waals surface area contributed by atoms with Crippen LogP contribution in [0.4, 0.5) is 0 Å². The number of carbonyl (C=O) groups is 1. The zero-order valence-electron chi connectivity index (χ0n) is 13.1. The fourth-order valence-electron chi connectivity index (χ4n) is 2.47. The van der Waals surface area contributed by atoms with Gasteiger partial charge in [0.2, 0.25) is 0 Å². The zero-order chi connectivity index (χ0) is 15.8. The van der Waals surface area contributed by atoms with E-state index >= 15 is 0 Å². The molecule has 3 N–H and O–H groups in total. The van der Waals surface area contributed by atoms with E-state index in [4.69, 9.17) is 5.73 Å². The van der Waals surface area contributed by atoms with Gasteiger partial charge in [0.15, 0.2) is 0 Å². The molecule has 2 aromatic carbocycles. The van der Waals surface area contributed by atoms with E-state index in [1.807, 2.05) is 36.4 Å². The van der Waals surface area contributed by atoms with Crippen LogP contribution >= 0.6 is 0 Å². The second-order valence-electron chi connectivity index (χ2n) is 5.61. The molecule has 0 spiro atoms. The van der Waals surface area contributed by atoms with E-state index in [0.717, 1.165) is 19.3 Å². The number of nitrogens with one attached hydrogen (secondary N) is 1. The smallest absolute Gasteiger partial charge is 0.251 e. The van der Waals surface area contributed by atoms with E-state index in [1.54, 1.807) is 0 Å². The molecule has 3 nitrogen and oxygen atoms in total. The number of amides is 1. The summed E-state index contributed by atoms with van der Waals surface area (Å²) < 4.78 is 0. The minimum atomic E-state index is -0.0785. The normalized spacial score (nSPS) is 11.9. The second-order valence-corrected chi connectivity index (χ2v) is 5.61. The third-order valence-corrected chi connectivity index (χ3v) is 3.59. The first-order valence-corrected chi connectivity index (χ1v) is 7.85. The van der Waals surface area contributed by atoms with Gasteiger partial charge in [-0.05, 0) is 36.1 Å². The number of benzene rings is 2.